The number of sulfonamides is 1. The molecule has 2 fully saturated rings. The minimum Gasteiger partial charge on any atom is -0.455 e. The molecular weight excluding hydrogens is 852 g/mol. The van der Waals surface area contributed by atoms with Gasteiger partial charge in [-0.3, -0.25) is 19.8 Å². The second-order valence-corrected chi connectivity index (χ2v) is 19.2. The number of aromatic amines is 1. The van der Waals surface area contributed by atoms with E-state index in [1.807, 2.05) is 6.07 Å². The number of H-pyrrole nitrogens is 1. The summed E-state index contributed by atoms with van der Waals surface area (Å²) in [5.74, 6) is -0.638. The van der Waals surface area contributed by atoms with Crippen LogP contribution in [0.5, 0.6) is 11.5 Å². The molecule has 2 saturated heterocycles. The van der Waals surface area contributed by atoms with Crippen molar-refractivity contribution in [2.24, 2.45) is 5.41 Å². The van der Waals surface area contributed by atoms with E-state index in [0.29, 0.717) is 62.9 Å². The maximum atomic E-state index is 13.9. The third-order valence-electron chi connectivity index (χ3n) is 12.3. The molecule has 3 aromatic carbocycles. The van der Waals surface area contributed by atoms with Gasteiger partial charge in [-0.1, -0.05) is 25.5 Å². The summed E-state index contributed by atoms with van der Waals surface area (Å²) in [7, 11) is -4.61. The van der Waals surface area contributed by atoms with Gasteiger partial charge in [-0.2, -0.15) is 13.2 Å². The smallest absolute Gasteiger partial charge is 0.416 e. The number of nitro benzene ring substituents is 1. The first-order valence-corrected chi connectivity index (χ1v) is 22.7. The van der Waals surface area contributed by atoms with Crippen molar-refractivity contribution < 1.29 is 40.8 Å². The van der Waals surface area contributed by atoms with E-state index in [1.54, 1.807) is 37.4 Å². The number of allylic oxidation sites excluding steroid dienone is 1. The molecule has 1 aliphatic carbocycles. The van der Waals surface area contributed by atoms with E-state index in [9.17, 15) is 36.5 Å². The fraction of sp³-hybridized carbons (Fsp3) is 0.391. The molecule has 18 heteroatoms. The number of carbonyl (C=O) groups excluding carboxylic acids is 1. The van der Waals surface area contributed by atoms with Crippen LogP contribution in [0, 0.1) is 22.5 Å². The van der Waals surface area contributed by atoms with Gasteiger partial charge < -0.3 is 24.7 Å². The molecule has 14 nitrogen and oxygen atoms in total. The average Bonchev–Trinajstić information content (AvgIpc) is 3.72. The number of aromatic nitrogens is 2. The lowest BCUT2D eigenvalue weighted by Crippen LogP contribution is -2.47. The molecule has 1 amide bonds. The Kier molecular flexibility index (Phi) is 12.5. The number of carbonyl (C=O) groups is 1. The second-order valence-electron chi connectivity index (χ2n) is 17.5. The minimum atomic E-state index is -4.61. The van der Waals surface area contributed by atoms with Gasteiger partial charge in [-0.15, -0.1) is 0 Å². The molecule has 0 unspecified atom stereocenters. The Labute approximate surface area is 369 Å². The number of nitrogens with zero attached hydrogens (tertiary/aromatic N) is 4. The van der Waals surface area contributed by atoms with Gasteiger partial charge >= 0.3 is 6.18 Å². The van der Waals surface area contributed by atoms with E-state index in [2.05, 4.69) is 43.7 Å². The van der Waals surface area contributed by atoms with Crippen molar-refractivity contribution in [3.63, 3.8) is 0 Å². The van der Waals surface area contributed by atoms with E-state index < -0.39 is 43.2 Å². The highest BCUT2D eigenvalue weighted by Gasteiger charge is 2.34. The van der Waals surface area contributed by atoms with Crippen molar-refractivity contribution in [3.05, 3.63) is 117 Å². The number of amides is 1. The maximum Gasteiger partial charge on any atom is 0.416 e. The number of pyridine rings is 1. The molecule has 5 aromatic rings. The summed E-state index contributed by atoms with van der Waals surface area (Å²) >= 11 is 0. The fourth-order valence-electron chi connectivity index (χ4n) is 8.75. The molecule has 2 aliphatic heterocycles. The number of nitrogens with one attached hydrogen (secondary N) is 3. The van der Waals surface area contributed by atoms with E-state index in [4.69, 9.17) is 9.47 Å². The first-order chi connectivity index (χ1) is 30.4. The van der Waals surface area contributed by atoms with Crippen LogP contribution in [-0.4, -0.2) is 86.1 Å². The van der Waals surface area contributed by atoms with Crippen LogP contribution in [0.15, 0.2) is 89.6 Å². The Morgan fingerprint density at radius 2 is 1.86 bits per heavy atom. The molecule has 0 radical (unpaired) electrons. The number of alkyl halides is 3. The van der Waals surface area contributed by atoms with Gasteiger partial charge in [-0.05, 0) is 110 Å². The van der Waals surface area contributed by atoms with Crippen molar-refractivity contribution in [1.29, 1.82) is 0 Å². The van der Waals surface area contributed by atoms with Crippen LogP contribution < -0.4 is 19.7 Å². The normalized spacial score (nSPS) is 18.5. The lowest BCUT2D eigenvalue weighted by atomic mass is 9.72. The number of nitro groups is 1. The third kappa shape index (κ3) is 10.0. The Morgan fingerprint density at radius 1 is 1.06 bits per heavy atom. The second kappa shape index (κ2) is 17.9. The van der Waals surface area contributed by atoms with Crippen LogP contribution in [0.1, 0.15) is 73.0 Å². The SMILES string of the molecule is Cc1cc(C(F)(F)F)ccc1C1=C(CN2CCN(c3ccc(C(=O)NS(=O)(=O)c4ccc(N[C@H]5CCCOC5)c([N+](=O)[O-])c4)c(Oc4cnc5[nH]ccc5c4)c3)CC2)CCC(C)(C)C1. The molecule has 0 spiro atoms. The summed E-state index contributed by atoms with van der Waals surface area (Å²) in [5.41, 5.74) is 4.12. The Bertz CT molecular complexity index is 2720. The number of benzene rings is 3. The quantitative estimate of drug-likeness (QED) is 0.0806. The number of fused-ring (bicyclic) bond motifs is 1. The number of hydrogen-bond acceptors (Lipinski definition) is 11. The summed E-state index contributed by atoms with van der Waals surface area (Å²) in [5, 5.41) is 15.9. The van der Waals surface area contributed by atoms with Gasteiger partial charge in [0.05, 0.1) is 33.7 Å². The maximum absolute atomic E-state index is 13.9. The van der Waals surface area contributed by atoms with Crippen molar-refractivity contribution in [1.82, 2.24) is 19.6 Å². The summed E-state index contributed by atoms with van der Waals surface area (Å²) in [6.45, 7) is 10.4. The molecule has 4 heterocycles. The van der Waals surface area contributed by atoms with Gasteiger partial charge in [-0.25, -0.2) is 18.1 Å². The van der Waals surface area contributed by atoms with E-state index in [-0.39, 0.29) is 28.5 Å². The number of halogens is 3. The van der Waals surface area contributed by atoms with Gasteiger partial charge in [0.1, 0.15) is 22.8 Å². The highest BCUT2D eigenvalue weighted by molar-refractivity contribution is 7.90. The molecule has 0 saturated carbocycles. The van der Waals surface area contributed by atoms with Crippen molar-refractivity contribution >= 4 is 49.6 Å². The molecule has 338 valence electrons. The van der Waals surface area contributed by atoms with Crippen LogP contribution in [0.4, 0.5) is 30.2 Å². The highest BCUT2D eigenvalue weighted by Crippen LogP contribution is 2.45. The van der Waals surface area contributed by atoms with Crippen LogP contribution in [0.25, 0.3) is 16.6 Å². The Morgan fingerprint density at radius 3 is 2.58 bits per heavy atom. The zero-order valence-electron chi connectivity index (χ0n) is 35.8. The van der Waals surface area contributed by atoms with E-state index in [1.165, 1.54) is 42.1 Å². The summed E-state index contributed by atoms with van der Waals surface area (Å²) in [6.07, 6.45) is 2.90. The molecule has 1 atom stereocenters. The summed E-state index contributed by atoms with van der Waals surface area (Å²) in [4.78, 5) is 36.7. The molecule has 2 aromatic heterocycles. The molecule has 3 N–H and O–H groups in total. The Balaban J connectivity index is 1.02. The number of ether oxygens (including phenoxy) is 2. The van der Waals surface area contributed by atoms with Crippen molar-refractivity contribution in [3.8, 4) is 11.5 Å². The monoisotopic (exact) mass is 901 g/mol. The van der Waals surface area contributed by atoms with Crippen LogP contribution >= 0.6 is 0 Å². The predicted octanol–water partition coefficient (Wildman–Crippen LogP) is 9.09. The third-order valence-corrected chi connectivity index (χ3v) is 13.6. The standard InChI is InChI=1S/C46H50F3N7O7S/c1-29-21-32(46(47,48)49)6-9-37(29)39-25-45(2,3)14-12-31(39)27-54-16-18-55(19-17-54)34-7-10-38(42(23-34)63-35-22-30-13-15-50-43(30)51-26-35)44(57)53-64(60,61)36-8-11-40(41(24-36)56(58)59)52-33-5-4-20-62-28-33/h6-11,13,15,21-24,26,33,52H,4-5,12,14,16-20,25,27-28H2,1-3H3,(H,50,51)(H,53,57)/t33-/m0/s1. The molecule has 64 heavy (non-hydrogen) atoms. The number of aryl methyl sites for hydroxylation is 1. The van der Waals surface area contributed by atoms with Crippen molar-refractivity contribution in [2.75, 3.05) is 56.2 Å². The summed E-state index contributed by atoms with van der Waals surface area (Å²) in [6, 6.07) is 15.7. The largest absolute Gasteiger partial charge is 0.455 e. The molecule has 0 bridgehead atoms. The number of piperazine rings is 1. The lowest BCUT2D eigenvalue weighted by molar-refractivity contribution is -0.384. The van der Waals surface area contributed by atoms with Gasteiger partial charge in [0.25, 0.3) is 21.6 Å². The Hall–Kier alpha value is -5.98. The number of anilines is 2. The van der Waals surface area contributed by atoms with Crippen molar-refractivity contribution in [2.45, 2.75) is 70.0 Å². The number of hydrogen-bond donors (Lipinski definition) is 3. The summed E-state index contributed by atoms with van der Waals surface area (Å²) < 4.78 is 81.8. The molecule has 8 rings (SSSR count). The van der Waals surface area contributed by atoms with E-state index in [0.717, 1.165) is 60.4 Å². The zero-order valence-corrected chi connectivity index (χ0v) is 36.6. The van der Waals surface area contributed by atoms with Gasteiger partial charge in [0.2, 0.25) is 0 Å². The first-order valence-electron chi connectivity index (χ1n) is 21.2. The number of rotatable bonds is 12. The zero-order chi connectivity index (χ0) is 45.4. The van der Waals surface area contributed by atoms with E-state index >= 15 is 0 Å². The molecular formula is C46H50F3N7O7S. The van der Waals surface area contributed by atoms with Crippen LogP contribution in [-0.2, 0) is 20.9 Å². The van der Waals surface area contributed by atoms with Crippen LogP contribution in [0.2, 0.25) is 0 Å². The predicted molar refractivity (Wildman–Crippen MR) is 237 cm³/mol. The highest BCUT2D eigenvalue weighted by atomic mass is 32.2. The average molecular weight is 902 g/mol. The first kappa shape index (κ1) is 44.6. The van der Waals surface area contributed by atoms with Gasteiger partial charge in [0.15, 0.2) is 0 Å². The topological polar surface area (TPSA) is 172 Å². The minimum absolute atomic E-state index is 0.0114. The van der Waals surface area contributed by atoms with Crippen LogP contribution in [0.3, 0.4) is 0 Å². The lowest BCUT2D eigenvalue weighted by Gasteiger charge is -2.39. The fourth-order valence-corrected chi connectivity index (χ4v) is 9.74. The van der Waals surface area contributed by atoms with Gasteiger partial charge in [0, 0.05) is 74.8 Å². The molecule has 3 aliphatic rings.